The van der Waals surface area contributed by atoms with Crippen molar-refractivity contribution in [2.75, 3.05) is 19.6 Å². The van der Waals surface area contributed by atoms with Gasteiger partial charge in [-0.3, -0.25) is 19.2 Å². The maximum absolute atomic E-state index is 13.5. The van der Waals surface area contributed by atoms with Crippen LogP contribution in [0.5, 0.6) is 11.5 Å². The van der Waals surface area contributed by atoms with Gasteiger partial charge in [-0.1, -0.05) is 50.6 Å². The van der Waals surface area contributed by atoms with Crippen molar-refractivity contribution in [2.45, 2.75) is 103 Å². The maximum atomic E-state index is 13.5. The van der Waals surface area contributed by atoms with Crippen LogP contribution in [0.25, 0.3) is 10.5 Å². The number of carbonyl (C=O) groups excluding carboxylic acids is 4. The smallest absolute Gasteiger partial charge is 0.255 e. The molecule has 4 aromatic rings. The molecule has 1 unspecified atom stereocenters. The van der Waals surface area contributed by atoms with Crippen molar-refractivity contribution in [3.63, 3.8) is 0 Å². The molecule has 1 aromatic heterocycles. The Hall–Kier alpha value is -5.58. The van der Waals surface area contributed by atoms with Crippen molar-refractivity contribution in [3.05, 3.63) is 106 Å². The first kappa shape index (κ1) is 41.2. The number of ether oxygens (including phenoxy) is 2. The second-order valence-corrected chi connectivity index (χ2v) is 18.1. The molecule has 3 fully saturated rings. The van der Waals surface area contributed by atoms with Crippen LogP contribution >= 0.6 is 11.6 Å². The molecule has 4 aliphatic rings. The molecule has 2 aliphatic heterocycles. The van der Waals surface area contributed by atoms with Crippen molar-refractivity contribution >= 4 is 40.7 Å². The molecular formula is C46H50ClN7O6. The Balaban J connectivity index is 0.768. The summed E-state index contributed by atoms with van der Waals surface area (Å²) in [5.41, 5.74) is 3.39. The highest BCUT2D eigenvalue weighted by atomic mass is 35.5. The average molecular weight is 832 g/mol. The van der Waals surface area contributed by atoms with E-state index >= 15 is 0 Å². The number of aromatic nitrogens is 3. The first-order valence-electron chi connectivity index (χ1n) is 20.7. The number of likely N-dealkylation sites (tertiary alicyclic amines) is 1. The molecule has 3 heterocycles. The molecule has 13 nitrogen and oxygen atoms in total. The van der Waals surface area contributed by atoms with Gasteiger partial charge in [-0.15, -0.1) is 5.10 Å². The van der Waals surface area contributed by atoms with E-state index in [0.717, 1.165) is 68.0 Å². The lowest BCUT2D eigenvalue weighted by Gasteiger charge is -2.63. The van der Waals surface area contributed by atoms with Gasteiger partial charge in [-0.25, -0.2) is 9.53 Å². The van der Waals surface area contributed by atoms with Gasteiger partial charge in [0, 0.05) is 54.1 Å². The zero-order valence-corrected chi connectivity index (χ0v) is 35.2. The van der Waals surface area contributed by atoms with Crippen LogP contribution < -0.4 is 14.8 Å². The van der Waals surface area contributed by atoms with Gasteiger partial charge in [-0.05, 0) is 98.8 Å². The van der Waals surface area contributed by atoms with Crippen LogP contribution in [-0.2, 0) is 22.6 Å². The lowest BCUT2D eigenvalue weighted by molar-refractivity contribution is -0.164. The molecule has 2 aliphatic carbocycles. The Labute approximate surface area is 355 Å². The number of piperidine rings is 1. The minimum atomic E-state index is -0.524. The standard InChI is InChI=1S/C46H50ClN7O6/c1-45(2)43(46(3,4)44(45)60-35-14-16-38(48-5)37(47)25-35)49-41(57)28-8-10-31(11-9-28)54-27-30(50-51-54)7-6-20-52-21-18-33(19-22-52)59-34-13-15-36-29(23-34)26-53(42(36)58)39-17-12-32(55)24-40(39)56/h8-11,13-16,23,25,27,33,39,43-44H,6-7,12,17-22,24,26H2,1-4H3,(H,49,57). The topological polar surface area (TPSA) is 140 Å². The number of hydrogen-bond donors (Lipinski definition) is 1. The first-order chi connectivity index (χ1) is 28.7. The minimum absolute atomic E-state index is 0.0494. The molecule has 60 heavy (non-hydrogen) atoms. The van der Waals surface area contributed by atoms with Gasteiger partial charge >= 0.3 is 0 Å². The molecule has 2 amide bonds. The third-order valence-corrected chi connectivity index (χ3v) is 13.1. The number of fused-ring (bicyclic) bond motifs is 1. The Kier molecular flexibility index (Phi) is 11.3. The lowest BCUT2D eigenvalue weighted by Crippen LogP contribution is -2.74. The molecule has 0 bridgehead atoms. The minimum Gasteiger partial charge on any atom is -0.490 e. The lowest BCUT2D eigenvalue weighted by atomic mass is 9.49. The molecule has 1 atom stereocenters. The second-order valence-electron chi connectivity index (χ2n) is 17.7. The van der Waals surface area contributed by atoms with Crippen LogP contribution in [0.15, 0.2) is 66.9 Å². The summed E-state index contributed by atoms with van der Waals surface area (Å²) in [5.74, 6) is 0.815. The third kappa shape index (κ3) is 8.15. The van der Waals surface area contributed by atoms with E-state index in [2.05, 4.69) is 53.1 Å². The van der Waals surface area contributed by atoms with E-state index in [0.29, 0.717) is 47.0 Å². The van der Waals surface area contributed by atoms with E-state index in [4.69, 9.17) is 27.6 Å². The first-order valence-corrected chi connectivity index (χ1v) is 21.1. The summed E-state index contributed by atoms with van der Waals surface area (Å²) in [6.45, 7) is 18.7. The summed E-state index contributed by atoms with van der Waals surface area (Å²) in [6, 6.07) is 17.3. The zero-order chi connectivity index (χ0) is 42.3. The van der Waals surface area contributed by atoms with Crippen molar-refractivity contribution in [2.24, 2.45) is 10.8 Å². The van der Waals surface area contributed by atoms with E-state index in [1.165, 1.54) is 0 Å². The van der Waals surface area contributed by atoms with Crippen LogP contribution in [-0.4, -0.2) is 92.1 Å². The molecular weight excluding hydrogens is 782 g/mol. The summed E-state index contributed by atoms with van der Waals surface area (Å²) in [6.07, 6.45) is 6.03. The van der Waals surface area contributed by atoms with Gasteiger partial charge in [0.2, 0.25) is 5.69 Å². The van der Waals surface area contributed by atoms with Gasteiger partial charge in [0.05, 0.1) is 41.6 Å². The summed E-state index contributed by atoms with van der Waals surface area (Å²) in [5, 5.41) is 12.4. The van der Waals surface area contributed by atoms with Crippen molar-refractivity contribution < 1.29 is 28.7 Å². The SMILES string of the molecule is [C-]#[N+]c1ccc(OC2C(C)(C)C(NC(=O)c3ccc(-n4cc(CCCN5CCC(Oc6ccc7c(c6)CN(C6CCC(=O)CC6=O)C7=O)CC5)nn4)cc3)C2(C)C)cc1Cl. The van der Waals surface area contributed by atoms with Crippen molar-refractivity contribution in [1.29, 1.82) is 0 Å². The average Bonchev–Trinajstić information content (AvgIpc) is 3.83. The number of carbonyl (C=O) groups is 4. The Bertz CT molecular complexity index is 2340. The highest BCUT2D eigenvalue weighted by Crippen LogP contribution is 2.55. The summed E-state index contributed by atoms with van der Waals surface area (Å²) >= 11 is 6.25. The van der Waals surface area contributed by atoms with Crippen LogP contribution in [0.1, 0.15) is 98.2 Å². The number of ketones is 2. The summed E-state index contributed by atoms with van der Waals surface area (Å²) in [7, 11) is 0. The number of nitrogens with zero attached hydrogens (tertiary/aromatic N) is 6. The normalized spacial score (nSPS) is 22.5. The van der Waals surface area contributed by atoms with Crippen LogP contribution in [0.4, 0.5) is 5.69 Å². The van der Waals surface area contributed by atoms with E-state index in [9.17, 15) is 19.2 Å². The third-order valence-electron chi connectivity index (χ3n) is 12.8. The van der Waals surface area contributed by atoms with E-state index < -0.39 is 6.04 Å². The van der Waals surface area contributed by atoms with E-state index in [1.807, 2.05) is 30.5 Å². The van der Waals surface area contributed by atoms with Crippen LogP contribution in [0.2, 0.25) is 5.02 Å². The fourth-order valence-corrected chi connectivity index (χ4v) is 10.1. The summed E-state index contributed by atoms with van der Waals surface area (Å²) in [4.78, 5) is 58.2. The number of amides is 2. The molecule has 8 rings (SSSR count). The number of Topliss-reactive ketones (excluding diaryl/α,β-unsaturated/α-hetero) is 2. The molecule has 0 spiro atoms. The number of hydrogen-bond acceptors (Lipinski definition) is 9. The molecule has 2 saturated carbocycles. The second kappa shape index (κ2) is 16.5. The quantitative estimate of drug-likeness (QED) is 0.116. The largest absolute Gasteiger partial charge is 0.490 e. The fraction of sp³-hybridized carbons (Fsp3) is 0.457. The maximum Gasteiger partial charge on any atom is 0.255 e. The monoisotopic (exact) mass is 831 g/mol. The highest BCUT2D eigenvalue weighted by Gasteiger charge is 2.64. The molecule has 1 saturated heterocycles. The highest BCUT2D eigenvalue weighted by molar-refractivity contribution is 6.33. The predicted octanol–water partition coefficient (Wildman–Crippen LogP) is 7.21. The van der Waals surface area contributed by atoms with Gasteiger partial charge in [0.1, 0.15) is 29.5 Å². The van der Waals surface area contributed by atoms with Gasteiger partial charge in [-0.2, -0.15) is 0 Å². The number of benzene rings is 3. The molecule has 312 valence electrons. The molecule has 0 radical (unpaired) electrons. The molecule has 1 N–H and O–H groups in total. The Morgan fingerprint density at radius 3 is 2.37 bits per heavy atom. The molecule has 3 aromatic carbocycles. The zero-order valence-electron chi connectivity index (χ0n) is 34.4. The number of rotatable bonds is 12. The van der Waals surface area contributed by atoms with E-state index in [-0.39, 0.29) is 58.9 Å². The molecule has 14 heteroatoms. The Morgan fingerprint density at radius 1 is 0.950 bits per heavy atom. The van der Waals surface area contributed by atoms with Crippen molar-refractivity contribution in [1.82, 2.24) is 30.1 Å². The van der Waals surface area contributed by atoms with Gasteiger partial charge in [0.15, 0.2) is 5.78 Å². The summed E-state index contributed by atoms with van der Waals surface area (Å²) < 4.78 is 14.5. The number of aryl methyl sites for hydroxylation is 1. The van der Waals surface area contributed by atoms with Crippen molar-refractivity contribution in [3.8, 4) is 17.2 Å². The predicted molar refractivity (Wildman–Crippen MR) is 225 cm³/mol. The number of nitrogens with one attached hydrogen (secondary N) is 1. The van der Waals surface area contributed by atoms with Crippen LogP contribution in [0.3, 0.4) is 0 Å². The van der Waals surface area contributed by atoms with Gasteiger partial charge in [0.25, 0.3) is 11.8 Å². The Morgan fingerprint density at radius 2 is 1.67 bits per heavy atom. The van der Waals surface area contributed by atoms with Gasteiger partial charge < -0.3 is 24.6 Å². The van der Waals surface area contributed by atoms with Crippen LogP contribution in [0, 0.1) is 17.4 Å². The van der Waals surface area contributed by atoms with E-state index in [1.54, 1.807) is 46.0 Å². The number of halogens is 1. The fourth-order valence-electron chi connectivity index (χ4n) is 9.87.